The van der Waals surface area contributed by atoms with Crippen molar-refractivity contribution in [3.63, 3.8) is 0 Å². The summed E-state index contributed by atoms with van der Waals surface area (Å²) in [6.07, 6.45) is 1.08. The summed E-state index contributed by atoms with van der Waals surface area (Å²) in [4.78, 5) is 29.3. The summed E-state index contributed by atoms with van der Waals surface area (Å²) in [5, 5.41) is 2.62. The van der Waals surface area contributed by atoms with Gasteiger partial charge in [-0.1, -0.05) is 18.2 Å². The molecule has 0 aliphatic carbocycles. The van der Waals surface area contributed by atoms with Crippen molar-refractivity contribution in [2.75, 3.05) is 5.32 Å². The van der Waals surface area contributed by atoms with Crippen molar-refractivity contribution >= 4 is 11.7 Å². The molecule has 1 N–H and O–H groups in total. The number of halogens is 3. The van der Waals surface area contributed by atoms with E-state index in [0.29, 0.717) is 22.5 Å². The monoisotopic (exact) mass is 437 g/mol. The number of alkyl halides is 3. The number of ether oxygens (including phenoxy) is 1. The number of carbonyl (C=O) groups excluding carboxylic acids is 1. The van der Waals surface area contributed by atoms with Crippen molar-refractivity contribution in [3.05, 3.63) is 85.1 Å². The van der Waals surface area contributed by atoms with Crippen LogP contribution in [-0.4, -0.2) is 32.2 Å². The predicted molar refractivity (Wildman–Crippen MR) is 110 cm³/mol. The zero-order valence-electron chi connectivity index (χ0n) is 16.2. The fraction of sp³-hybridized carbons (Fsp3) is 0.0455. The topological polar surface area (TPSA) is 89.9 Å². The smallest absolute Gasteiger partial charge is 0.406 e. The van der Waals surface area contributed by atoms with Crippen LogP contribution in [0.5, 0.6) is 5.75 Å². The molecule has 0 atom stereocenters. The van der Waals surface area contributed by atoms with Crippen LogP contribution in [0.3, 0.4) is 0 Å². The van der Waals surface area contributed by atoms with Crippen LogP contribution in [0.4, 0.5) is 19.0 Å². The lowest BCUT2D eigenvalue weighted by molar-refractivity contribution is -0.274. The highest BCUT2D eigenvalue weighted by Crippen LogP contribution is 2.32. The number of aromatic nitrogens is 4. The molecule has 0 aliphatic rings. The highest BCUT2D eigenvalue weighted by Gasteiger charge is 2.31. The summed E-state index contributed by atoms with van der Waals surface area (Å²) in [5.41, 5.74) is 1.72. The van der Waals surface area contributed by atoms with E-state index in [2.05, 4.69) is 30.0 Å². The molecule has 3 heterocycles. The molecule has 1 amide bonds. The number of rotatable bonds is 5. The molecular weight excluding hydrogens is 423 g/mol. The van der Waals surface area contributed by atoms with Gasteiger partial charge in [-0.2, -0.15) is 0 Å². The third kappa shape index (κ3) is 5.04. The maximum atomic E-state index is 12.6. The molecular formula is C22H14F3N5O2. The SMILES string of the molecule is O=C(Nc1cnc(-c2cccc(OC(F)(F)F)c2)c(-c2cccnc2)n1)c1ccccn1. The highest BCUT2D eigenvalue weighted by atomic mass is 19.4. The second-order valence-electron chi connectivity index (χ2n) is 6.44. The quantitative estimate of drug-likeness (QED) is 0.485. The van der Waals surface area contributed by atoms with Gasteiger partial charge >= 0.3 is 6.36 Å². The van der Waals surface area contributed by atoms with E-state index >= 15 is 0 Å². The van der Waals surface area contributed by atoms with Crippen LogP contribution in [-0.2, 0) is 0 Å². The molecule has 0 spiro atoms. The average Bonchev–Trinajstić information content (AvgIpc) is 2.79. The number of nitrogens with zero attached hydrogens (tertiary/aromatic N) is 4. The van der Waals surface area contributed by atoms with Crippen LogP contribution in [0.25, 0.3) is 22.5 Å². The molecule has 0 radical (unpaired) electrons. The number of benzene rings is 1. The summed E-state index contributed by atoms with van der Waals surface area (Å²) in [6.45, 7) is 0. The molecule has 0 aliphatic heterocycles. The molecule has 1 aromatic carbocycles. The van der Waals surface area contributed by atoms with E-state index in [-0.39, 0.29) is 17.3 Å². The summed E-state index contributed by atoms with van der Waals surface area (Å²) in [5.74, 6) is -0.724. The molecule has 7 nitrogen and oxygen atoms in total. The zero-order valence-corrected chi connectivity index (χ0v) is 16.2. The Bertz CT molecular complexity index is 1240. The highest BCUT2D eigenvalue weighted by molar-refractivity contribution is 6.02. The molecule has 4 rings (SSSR count). The number of hydrogen-bond donors (Lipinski definition) is 1. The van der Waals surface area contributed by atoms with Crippen LogP contribution in [0.1, 0.15) is 10.5 Å². The lowest BCUT2D eigenvalue weighted by atomic mass is 10.1. The Kier molecular flexibility index (Phi) is 5.75. The van der Waals surface area contributed by atoms with Gasteiger partial charge in [0.15, 0.2) is 5.82 Å². The molecule has 3 aromatic heterocycles. The van der Waals surface area contributed by atoms with Crippen molar-refractivity contribution < 1.29 is 22.7 Å². The van der Waals surface area contributed by atoms with Crippen LogP contribution in [0.15, 0.2) is 79.4 Å². The number of amides is 1. The van der Waals surface area contributed by atoms with E-state index in [0.717, 1.165) is 0 Å². The van der Waals surface area contributed by atoms with Crippen molar-refractivity contribution in [2.24, 2.45) is 0 Å². The molecule has 10 heteroatoms. The summed E-state index contributed by atoms with van der Waals surface area (Å²) >= 11 is 0. The van der Waals surface area contributed by atoms with Gasteiger partial charge in [-0.3, -0.25) is 19.7 Å². The first kappa shape index (κ1) is 20.9. The minimum absolute atomic E-state index is 0.144. The van der Waals surface area contributed by atoms with Gasteiger partial charge in [-0.15, -0.1) is 13.2 Å². The molecule has 0 saturated carbocycles. The van der Waals surface area contributed by atoms with E-state index in [1.807, 2.05) is 0 Å². The fourth-order valence-corrected chi connectivity index (χ4v) is 2.88. The van der Waals surface area contributed by atoms with Crippen LogP contribution < -0.4 is 10.1 Å². The van der Waals surface area contributed by atoms with Crippen molar-refractivity contribution in [1.29, 1.82) is 0 Å². The van der Waals surface area contributed by atoms with Gasteiger partial charge in [0.25, 0.3) is 5.91 Å². The first-order chi connectivity index (χ1) is 15.4. The van der Waals surface area contributed by atoms with E-state index in [1.54, 1.807) is 42.6 Å². The largest absolute Gasteiger partial charge is 0.573 e. The number of carbonyl (C=O) groups is 1. The zero-order chi connectivity index (χ0) is 22.6. The van der Waals surface area contributed by atoms with E-state index < -0.39 is 12.3 Å². The molecule has 160 valence electrons. The van der Waals surface area contributed by atoms with E-state index in [1.165, 1.54) is 36.8 Å². The average molecular weight is 437 g/mol. The summed E-state index contributed by atoms with van der Waals surface area (Å²) in [6, 6.07) is 13.7. The summed E-state index contributed by atoms with van der Waals surface area (Å²) in [7, 11) is 0. The lowest BCUT2D eigenvalue weighted by Crippen LogP contribution is -2.17. The lowest BCUT2D eigenvalue weighted by Gasteiger charge is -2.13. The van der Waals surface area contributed by atoms with Crippen molar-refractivity contribution in [1.82, 2.24) is 19.9 Å². The van der Waals surface area contributed by atoms with Gasteiger partial charge in [-0.25, -0.2) is 4.98 Å². The van der Waals surface area contributed by atoms with Gasteiger partial charge in [0.2, 0.25) is 0 Å². The fourth-order valence-electron chi connectivity index (χ4n) is 2.88. The molecule has 0 saturated heterocycles. The Morgan fingerprint density at radius 3 is 2.44 bits per heavy atom. The molecule has 32 heavy (non-hydrogen) atoms. The Balaban J connectivity index is 1.73. The van der Waals surface area contributed by atoms with Gasteiger partial charge in [0.1, 0.15) is 17.1 Å². The molecule has 0 unspecified atom stereocenters. The van der Waals surface area contributed by atoms with Gasteiger partial charge in [0, 0.05) is 29.7 Å². The minimum atomic E-state index is -4.82. The Morgan fingerprint density at radius 2 is 1.72 bits per heavy atom. The second-order valence-corrected chi connectivity index (χ2v) is 6.44. The van der Waals surface area contributed by atoms with Crippen molar-refractivity contribution in [2.45, 2.75) is 6.36 Å². The normalized spacial score (nSPS) is 11.1. The van der Waals surface area contributed by atoms with E-state index in [4.69, 9.17) is 0 Å². The Morgan fingerprint density at radius 1 is 0.875 bits per heavy atom. The second kappa shape index (κ2) is 8.80. The van der Waals surface area contributed by atoms with Crippen molar-refractivity contribution in [3.8, 4) is 28.3 Å². The van der Waals surface area contributed by atoms with Crippen LogP contribution in [0.2, 0.25) is 0 Å². The molecule has 0 fully saturated rings. The Hall–Kier alpha value is -4.34. The number of nitrogens with one attached hydrogen (secondary N) is 1. The third-order valence-electron chi connectivity index (χ3n) is 4.19. The van der Waals surface area contributed by atoms with Gasteiger partial charge < -0.3 is 10.1 Å². The van der Waals surface area contributed by atoms with Gasteiger partial charge in [0.05, 0.1) is 11.9 Å². The minimum Gasteiger partial charge on any atom is -0.406 e. The van der Waals surface area contributed by atoms with Crippen LogP contribution in [0, 0.1) is 0 Å². The van der Waals surface area contributed by atoms with E-state index in [9.17, 15) is 18.0 Å². The molecule has 0 bridgehead atoms. The number of pyridine rings is 2. The van der Waals surface area contributed by atoms with Gasteiger partial charge in [-0.05, 0) is 36.4 Å². The first-order valence-corrected chi connectivity index (χ1v) is 9.25. The van der Waals surface area contributed by atoms with Crippen LogP contribution >= 0.6 is 0 Å². The number of anilines is 1. The summed E-state index contributed by atoms with van der Waals surface area (Å²) < 4.78 is 41.9. The maximum absolute atomic E-state index is 12.6. The third-order valence-corrected chi connectivity index (χ3v) is 4.19. The molecule has 4 aromatic rings. The standard InChI is InChI=1S/C22H14F3N5O2/c23-22(24,25)32-16-7-3-5-14(11-16)19-20(15-6-4-9-26-12-15)29-18(13-28-19)30-21(31)17-8-1-2-10-27-17/h1-13H,(H,29,30,31). The first-order valence-electron chi connectivity index (χ1n) is 9.25. The number of hydrogen-bond acceptors (Lipinski definition) is 6. The Labute approximate surface area is 180 Å². The maximum Gasteiger partial charge on any atom is 0.573 e. The predicted octanol–water partition coefficient (Wildman–Crippen LogP) is 4.75.